The number of ether oxygens (including phenoxy) is 1. The summed E-state index contributed by atoms with van der Waals surface area (Å²) in [4.78, 5) is 25.8. The smallest absolute Gasteiger partial charge is 0.264 e. The van der Waals surface area contributed by atoms with E-state index in [0.717, 1.165) is 19.3 Å². The molecule has 1 aromatic rings. The average Bonchev–Trinajstić information content (AvgIpc) is 2.78. The van der Waals surface area contributed by atoms with Crippen molar-refractivity contribution in [3.63, 3.8) is 0 Å². The van der Waals surface area contributed by atoms with Crippen molar-refractivity contribution >= 4 is 23.4 Å². The second-order valence-corrected chi connectivity index (χ2v) is 7.58. The Hall–Kier alpha value is -1.82. The lowest BCUT2D eigenvalue weighted by Crippen LogP contribution is -2.83. The molecule has 3 saturated carbocycles. The molecule has 1 saturated heterocycles. The zero-order valence-electron chi connectivity index (χ0n) is 13.3. The highest BCUT2D eigenvalue weighted by molar-refractivity contribution is 6.30. The Morgan fingerprint density at radius 3 is 2.75 bits per heavy atom. The SMILES string of the molecule is CC(=O)NC12CC(N3CCC(Oc4ccc(Cl)c(F)c4)C3=O)(C1)C2. The van der Waals surface area contributed by atoms with Crippen LogP contribution in [-0.4, -0.2) is 40.4 Å². The molecule has 1 aliphatic heterocycles. The molecule has 4 aliphatic rings. The van der Waals surface area contributed by atoms with Crippen LogP contribution in [0.15, 0.2) is 18.2 Å². The third-order valence-corrected chi connectivity index (χ3v) is 5.65. The van der Waals surface area contributed by atoms with E-state index in [0.29, 0.717) is 18.7 Å². The number of hydrogen-bond donors (Lipinski definition) is 1. The molecule has 0 radical (unpaired) electrons. The lowest BCUT2D eigenvalue weighted by atomic mass is 9.43. The van der Waals surface area contributed by atoms with E-state index in [2.05, 4.69) is 5.32 Å². The molecule has 0 aromatic heterocycles. The van der Waals surface area contributed by atoms with Crippen molar-refractivity contribution in [3.8, 4) is 5.75 Å². The van der Waals surface area contributed by atoms with Gasteiger partial charge < -0.3 is 15.0 Å². The van der Waals surface area contributed by atoms with Gasteiger partial charge in [0.05, 0.1) is 5.02 Å². The number of hydrogen-bond acceptors (Lipinski definition) is 3. The number of nitrogens with one attached hydrogen (secondary N) is 1. The first kappa shape index (κ1) is 15.7. The van der Waals surface area contributed by atoms with E-state index in [1.165, 1.54) is 19.1 Å². The third kappa shape index (κ3) is 2.27. The monoisotopic (exact) mass is 352 g/mol. The standard InChI is InChI=1S/C17H18ClFN2O3/c1-10(22)20-16-7-17(8-16,9-16)21-5-4-14(15(21)23)24-11-2-3-12(18)13(19)6-11/h2-3,6,14H,4-5,7-9H2,1H3,(H,20,22). The van der Waals surface area contributed by atoms with Crippen LogP contribution >= 0.6 is 11.6 Å². The highest BCUT2D eigenvalue weighted by atomic mass is 35.5. The van der Waals surface area contributed by atoms with Crippen LogP contribution in [0.2, 0.25) is 5.02 Å². The Labute approximate surface area is 144 Å². The summed E-state index contributed by atoms with van der Waals surface area (Å²) in [6.07, 6.45) is 2.43. The first-order valence-corrected chi connectivity index (χ1v) is 8.42. The number of carbonyl (C=O) groups excluding carboxylic acids is 2. The first-order chi connectivity index (χ1) is 11.3. The number of carbonyl (C=O) groups is 2. The maximum Gasteiger partial charge on any atom is 0.264 e. The molecular formula is C17H18ClFN2O3. The van der Waals surface area contributed by atoms with E-state index >= 15 is 0 Å². The summed E-state index contributed by atoms with van der Waals surface area (Å²) in [6, 6.07) is 4.18. The fourth-order valence-corrected chi connectivity index (χ4v) is 4.59. The molecule has 24 heavy (non-hydrogen) atoms. The minimum Gasteiger partial charge on any atom is -0.480 e. The maximum absolute atomic E-state index is 13.5. The molecule has 2 bridgehead atoms. The zero-order valence-corrected chi connectivity index (χ0v) is 14.0. The summed E-state index contributed by atoms with van der Waals surface area (Å²) < 4.78 is 19.2. The Bertz CT molecular complexity index is 719. The quantitative estimate of drug-likeness (QED) is 0.904. The van der Waals surface area contributed by atoms with Crippen molar-refractivity contribution < 1.29 is 18.7 Å². The van der Waals surface area contributed by atoms with Crippen molar-refractivity contribution in [2.45, 2.75) is 49.8 Å². The summed E-state index contributed by atoms with van der Waals surface area (Å²) in [6.45, 7) is 2.15. The highest BCUT2D eigenvalue weighted by Crippen LogP contribution is 2.64. The van der Waals surface area contributed by atoms with Gasteiger partial charge in [-0.25, -0.2) is 4.39 Å². The molecule has 0 spiro atoms. The van der Waals surface area contributed by atoms with E-state index in [9.17, 15) is 14.0 Å². The molecule has 1 unspecified atom stereocenters. The maximum atomic E-state index is 13.5. The number of likely N-dealkylation sites (tertiary alicyclic amines) is 1. The molecular weight excluding hydrogens is 335 g/mol. The number of nitrogens with zero attached hydrogens (tertiary/aromatic N) is 1. The minimum absolute atomic E-state index is 0.0259. The van der Waals surface area contributed by atoms with Crippen LogP contribution < -0.4 is 10.1 Å². The van der Waals surface area contributed by atoms with Gasteiger partial charge in [-0.05, 0) is 31.4 Å². The number of benzene rings is 1. The first-order valence-electron chi connectivity index (χ1n) is 8.05. The van der Waals surface area contributed by atoms with Gasteiger partial charge >= 0.3 is 0 Å². The second-order valence-electron chi connectivity index (χ2n) is 7.18. The largest absolute Gasteiger partial charge is 0.480 e. The van der Waals surface area contributed by atoms with Gasteiger partial charge in [0.25, 0.3) is 5.91 Å². The Kier molecular flexibility index (Phi) is 3.33. The van der Waals surface area contributed by atoms with Crippen LogP contribution in [0.25, 0.3) is 0 Å². The van der Waals surface area contributed by atoms with Gasteiger partial charge in [0.15, 0.2) is 6.10 Å². The lowest BCUT2D eigenvalue weighted by molar-refractivity contribution is -0.187. The predicted octanol–water partition coefficient (Wildman–Crippen LogP) is 2.27. The van der Waals surface area contributed by atoms with Gasteiger partial charge in [-0.2, -0.15) is 0 Å². The van der Waals surface area contributed by atoms with Gasteiger partial charge in [-0.1, -0.05) is 11.6 Å². The molecule has 2 amide bonds. The van der Waals surface area contributed by atoms with Crippen LogP contribution in [0.5, 0.6) is 5.75 Å². The normalized spacial score (nSPS) is 33.7. The fourth-order valence-electron chi connectivity index (χ4n) is 4.48. The number of amides is 2. The summed E-state index contributed by atoms with van der Waals surface area (Å²) in [5, 5.41) is 3.01. The molecule has 1 N–H and O–H groups in total. The molecule has 5 nitrogen and oxygen atoms in total. The predicted molar refractivity (Wildman–Crippen MR) is 85.3 cm³/mol. The van der Waals surface area contributed by atoms with Gasteiger partial charge in [-0.3, -0.25) is 9.59 Å². The second kappa shape index (κ2) is 5.09. The van der Waals surface area contributed by atoms with Crippen molar-refractivity contribution in [1.29, 1.82) is 0 Å². The van der Waals surface area contributed by atoms with Crippen molar-refractivity contribution in [2.75, 3.05) is 6.54 Å². The average molecular weight is 353 g/mol. The molecule has 1 heterocycles. The summed E-state index contributed by atoms with van der Waals surface area (Å²) in [5.41, 5.74) is -0.229. The van der Waals surface area contributed by atoms with Crippen LogP contribution in [0.3, 0.4) is 0 Å². The van der Waals surface area contributed by atoms with Crippen LogP contribution in [0.1, 0.15) is 32.6 Å². The van der Waals surface area contributed by atoms with Crippen molar-refractivity contribution in [2.24, 2.45) is 0 Å². The van der Waals surface area contributed by atoms with Gasteiger partial charge in [0.1, 0.15) is 11.6 Å². The molecule has 7 heteroatoms. The summed E-state index contributed by atoms with van der Waals surface area (Å²) in [5.74, 6) is -0.332. The molecule has 128 valence electrons. The third-order valence-electron chi connectivity index (χ3n) is 5.34. The lowest BCUT2D eigenvalue weighted by Gasteiger charge is -2.73. The van der Waals surface area contributed by atoms with Gasteiger partial charge in [0.2, 0.25) is 5.91 Å². The van der Waals surface area contributed by atoms with E-state index in [4.69, 9.17) is 16.3 Å². The number of halogens is 2. The van der Waals surface area contributed by atoms with Crippen LogP contribution in [0.4, 0.5) is 4.39 Å². The van der Waals surface area contributed by atoms with Crippen molar-refractivity contribution in [1.82, 2.24) is 10.2 Å². The van der Waals surface area contributed by atoms with Gasteiger partial charge in [0, 0.05) is 37.0 Å². The highest BCUT2D eigenvalue weighted by Gasteiger charge is 2.72. The summed E-state index contributed by atoms with van der Waals surface area (Å²) in [7, 11) is 0. The van der Waals surface area contributed by atoms with Crippen molar-refractivity contribution in [3.05, 3.63) is 29.0 Å². The summed E-state index contributed by atoms with van der Waals surface area (Å²) >= 11 is 5.65. The Morgan fingerprint density at radius 2 is 2.12 bits per heavy atom. The van der Waals surface area contributed by atoms with E-state index < -0.39 is 11.9 Å². The fraction of sp³-hybridized carbons (Fsp3) is 0.529. The topological polar surface area (TPSA) is 58.6 Å². The Morgan fingerprint density at radius 1 is 1.42 bits per heavy atom. The van der Waals surface area contributed by atoms with E-state index in [1.807, 2.05) is 4.90 Å². The Balaban J connectivity index is 1.39. The van der Waals surface area contributed by atoms with Crippen LogP contribution in [-0.2, 0) is 9.59 Å². The van der Waals surface area contributed by atoms with Gasteiger partial charge in [-0.15, -0.1) is 0 Å². The van der Waals surface area contributed by atoms with E-state index in [1.54, 1.807) is 6.07 Å². The minimum atomic E-state index is -0.587. The zero-order chi connectivity index (χ0) is 17.1. The molecule has 1 atom stereocenters. The number of rotatable bonds is 4. The molecule has 4 fully saturated rings. The molecule has 1 aromatic carbocycles. The van der Waals surface area contributed by atoms with E-state index in [-0.39, 0.29) is 27.9 Å². The molecule has 3 aliphatic carbocycles. The van der Waals surface area contributed by atoms with Crippen LogP contribution in [0, 0.1) is 5.82 Å². The molecule has 5 rings (SSSR count).